The molecule has 0 aliphatic heterocycles. The fourth-order valence-electron chi connectivity index (χ4n) is 1.78. The molecule has 0 radical (unpaired) electrons. The summed E-state index contributed by atoms with van der Waals surface area (Å²) in [6, 6.07) is 7.00. The van der Waals surface area contributed by atoms with Crippen LogP contribution in [0.15, 0.2) is 39.8 Å². The van der Waals surface area contributed by atoms with Crippen molar-refractivity contribution in [2.24, 2.45) is 0 Å². The van der Waals surface area contributed by atoms with Gasteiger partial charge in [-0.1, -0.05) is 11.6 Å². The van der Waals surface area contributed by atoms with Gasteiger partial charge in [0, 0.05) is 17.0 Å². The molecule has 112 valence electrons. The summed E-state index contributed by atoms with van der Waals surface area (Å²) in [5, 5.41) is 3.30. The van der Waals surface area contributed by atoms with E-state index in [1.54, 1.807) is 36.2 Å². The highest BCUT2D eigenvalue weighted by atomic mass is 35.5. The van der Waals surface area contributed by atoms with E-state index in [2.05, 4.69) is 5.32 Å². The van der Waals surface area contributed by atoms with Gasteiger partial charge in [-0.25, -0.2) is 0 Å². The standard InChI is InChI=1S/C15H17ClN2O2S/c1-10-14(6-7-20-10)21-8-2-3-15(19)18-11-4-5-12(16)13(17)9-11/h4-7,9H,2-3,8,17H2,1H3,(H,18,19). The van der Waals surface area contributed by atoms with Gasteiger partial charge in [-0.2, -0.15) is 0 Å². The number of furan rings is 1. The van der Waals surface area contributed by atoms with Crippen molar-refractivity contribution in [2.45, 2.75) is 24.7 Å². The first-order valence-corrected chi connectivity index (χ1v) is 7.94. The number of carbonyl (C=O) groups is 1. The van der Waals surface area contributed by atoms with E-state index in [1.165, 1.54) is 0 Å². The molecule has 0 fully saturated rings. The first-order chi connectivity index (χ1) is 10.1. The SMILES string of the molecule is Cc1occc1SCCCC(=O)Nc1ccc(Cl)c(N)c1. The molecule has 1 amide bonds. The van der Waals surface area contributed by atoms with Gasteiger partial charge in [-0.15, -0.1) is 11.8 Å². The molecule has 0 bridgehead atoms. The van der Waals surface area contributed by atoms with Gasteiger partial charge in [-0.05, 0) is 43.4 Å². The number of halogens is 1. The van der Waals surface area contributed by atoms with Crippen molar-refractivity contribution in [3.05, 3.63) is 41.3 Å². The average Bonchev–Trinajstić information content (AvgIpc) is 2.85. The maximum Gasteiger partial charge on any atom is 0.224 e. The first-order valence-electron chi connectivity index (χ1n) is 6.58. The lowest BCUT2D eigenvalue weighted by Crippen LogP contribution is -2.11. The van der Waals surface area contributed by atoms with E-state index in [-0.39, 0.29) is 5.91 Å². The summed E-state index contributed by atoms with van der Waals surface area (Å²) in [6.07, 6.45) is 2.94. The number of nitrogens with one attached hydrogen (secondary N) is 1. The largest absolute Gasteiger partial charge is 0.468 e. The van der Waals surface area contributed by atoms with Gasteiger partial charge in [0.2, 0.25) is 5.91 Å². The van der Waals surface area contributed by atoms with Gasteiger partial charge in [0.1, 0.15) is 5.76 Å². The zero-order valence-corrected chi connectivity index (χ0v) is 13.3. The highest BCUT2D eigenvalue weighted by Crippen LogP contribution is 2.24. The Morgan fingerprint density at radius 1 is 1.43 bits per heavy atom. The molecule has 6 heteroatoms. The highest BCUT2D eigenvalue weighted by Gasteiger charge is 2.06. The summed E-state index contributed by atoms with van der Waals surface area (Å²) in [5.74, 6) is 1.76. The monoisotopic (exact) mass is 324 g/mol. The molecule has 21 heavy (non-hydrogen) atoms. The molecule has 3 N–H and O–H groups in total. The number of nitrogen functional groups attached to an aromatic ring is 1. The van der Waals surface area contributed by atoms with Crippen molar-refractivity contribution in [1.29, 1.82) is 0 Å². The molecule has 0 saturated heterocycles. The van der Waals surface area contributed by atoms with Crippen molar-refractivity contribution in [3.63, 3.8) is 0 Å². The third-order valence-corrected chi connectivity index (χ3v) is 4.47. The average molecular weight is 325 g/mol. The van der Waals surface area contributed by atoms with Gasteiger partial charge in [-0.3, -0.25) is 4.79 Å². The molecule has 1 aromatic heterocycles. The summed E-state index contributed by atoms with van der Waals surface area (Å²) in [7, 11) is 0. The van der Waals surface area contributed by atoms with Crippen molar-refractivity contribution in [2.75, 3.05) is 16.8 Å². The minimum Gasteiger partial charge on any atom is -0.468 e. The molecule has 1 aromatic carbocycles. The number of aryl methyl sites for hydroxylation is 1. The van der Waals surface area contributed by atoms with Gasteiger partial charge in [0.25, 0.3) is 0 Å². The van der Waals surface area contributed by atoms with E-state index < -0.39 is 0 Å². The van der Waals surface area contributed by atoms with Crippen LogP contribution in [-0.4, -0.2) is 11.7 Å². The summed E-state index contributed by atoms with van der Waals surface area (Å²) in [4.78, 5) is 13.0. The van der Waals surface area contributed by atoms with Crippen LogP contribution in [0.5, 0.6) is 0 Å². The Kier molecular flexibility index (Phi) is 5.59. The number of thioether (sulfide) groups is 1. The number of anilines is 2. The topological polar surface area (TPSA) is 68.3 Å². The predicted molar refractivity (Wildman–Crippen MR) is 87.9 cm³/mol. The van der Waals surface area contributed by atoms with Gasteiger partial charge < -0.3 is 15.5 Å². The molecule has 0 aliphatic carbocycles. The number of rotatable bonds is 6. The van der Waals surface area contributed by atoms with Crippen LogP contribution >= 0.6 is 23.4 Å². The van der Waals surface area contributed by atoms with Crippen LogP contribution in [0.2, 0.25) is 5.02 Å². The number of nitrogens with two attached hydrogens (primary N) is 1. The van der Waals surface area contributed by atoms with Gasteiger partial charge >= 0.3 is 0 Å². The lowest BCUT2D eigenvalue weighted by atomic mass is 10.2. The van der Waals surface area contributed by atoms with Crippen LogP contribution < -0.4 is 11.1 Å². The summed E-state index contributed by atoms with van der Waals surface area (Å²) in [5.41, 5.74) is 6.82. The van der Waals surface area contributed by atoms with E-state index in [0.29, 0.717) is 22.8 Å². The molecule has 2 aromatic rings. The Morgan fingerprint density at radius 3 is 2.90 bits per heavy atom. The van der Waals surface area contributed by atoms with Crippen LogP contribution in [0, 0.1) is 6.92 Å². The zero-order valence-electron chi connectivity index (χ0n) is 11.7. The number of carbonyl (C=O) groups excluding carboxylic acids is 1. The Morgan fingerprint density at radius 2 is 2.24 bits per heavy atom. The maximum absolute atomic E-state index is 11.8. The minimum atomic E-state index is -0.0266. The maximum atomic E-state index is 11.8. The van der Waals surface area contributed by atoms with E-state index in [4.69, 9.17) is 21.8 Å². The third-order valence-electron chi connectivity index (χ3n) is 2.90. The lowest BCUT2D eigenvalue weighted by Gasteiger charge is -2.06. The zero-order chi connectivity index (χ0) is 15.2. The van der Waals surface area contributed by atoms with E-state index >= 15 is 0 Å². The summed E-state index contributed by atoms with van der Waals surface area (Å²) in [6.45, 7) is 1.93. The van der Waals surface area contributed by atoms with Crippen molar-refractivity contribution in [1.82, 2.24) is 0 Å². The van der Waals surface area contributed by atoms with E-state index in [1.807, 2.05) is 13.0 Å². The smallest absolute Gasteiger partial charge is 0.224 e. The highest BCUT2D eigenvalue weighted by molar-refractivity contribution is 7.99. The molecule has 1 heterocycles. The summed E-state index contributed by atoms with van der Waals surface area (Å²) >= 11 is 7.53. The van der Waals surface area contributed by atoms with Crippen molar-refractivity contribution < 1.29 is 9.21 Å². The van der Waals surface area contributed by atoms with E-state index in [0.717, 1.165) is 22.8 Å². The summed E-state index contributed by atoms with van der Waals surface area (Å²) < 4.78 is 5.22. The number of hydrogen-bond acceptors (Lipinski definition) is 4. The molecular formula is C15H17ClN2O2S. The molecule has 4 nitrogen and oxygen atoms in total. The molecule has 0 saturated carbocycles. The molecule has 2 rings (SSSR count). The third kappa shape index (κ3) is 4.72. The Hall–Kier alpha value is -1.59. The normalized spacial score (nSPS) is 10.6. The number of amides is 1. The van der Waals surface area contributed by atoms with Gasteiger partial charge in [0.05, 0.1) is 17.0 Å². The predicted octanol–water partition coefficient (Wildman–Crippen LogP) is 4.33. The quantitative estimate of drug-likeness (QED) is 0.471. The first kappa shape index (κ1) is 15.8. The fraction of sp³-hybridized carbons (Fsp3) is 0.267. The second kappa shape index (κ2) is 7.43. The number of benzene rings is 1. The second-order valence-electron chi connectivity index (χ2n) is 4.58. The Bertz CT molecular complexity index is 628. The molecule has 0 unspecified atom stereocenters. The Balaban J connectivity index is 1.72. The molecular weight excluding hydrogens is 308 g/mol. The van der Waals surface area contributed by atoms with Crippen LogP contribution in [-0.2, 0) is 4.79 Å². The fourth-order valence-corrected chi connectivity index (χ4v) is 2.81. The van der Waals surface area contributed by atoms with Crippen LogP contribution in [0.3, 0.4) is 0 Å². The van der Waals surface area contributed by atoms with Crippen LogP contribution in [0.4, 0.5) is 11.4 Å². The van der Waals surface area contributed by atoms with Crippen molar-refractivity contribution in [3.8, 4) is 0 Å². The molecule has 0 atom stereocenters. The molecule has 0 aliphatic rings. The lowest BCUT2D eigenvalue weighted by molar-refractivity contribution is -0.116. The van der Waals surface area contributed by atoms with Gasteiger partial charge in [0.15, 0.2) is 0 Å². The molecule has 0 spiro atoms. The minimum absolute atomic E-state index is 0.0266. The van der Waals surface area contributed by atoms with Crippen LogP contribution in [0.25, 0.3) is 0 Å². The van der Waals surface area contributed by atoms with Crippen LogP contribution in [0.1, 0.15) is 18.6 Å². The second-order valence-corrected chi connectivity index (χ2v) is 6.12. The number of hydrogen-bond donors (Lipinski definition) is 2. The van der Waals surface area contributed by atoms with Crippen molar-refractivity contribution >= 4 is 40.6 Å². The van der Waals surface area contributed by atoms with E-state index in [9.17, 15) is 4.79 Å². The Labute approximate surface area is 133 Å².